The molecule has 0 fully saturated rings. The molecule has 24 heavy (non-hydrogen) atoms. The second-order valence-electron chi connectivity index (χ2n) is 5.68. The molecular formula is C18H22N2O3S. The van der Waals surface area contributed by atoms with Gasteiger partial charge >= 0.3 is 0 Å². The molecule has 0 heterocycles. The molecule has 1 amide bonds. The lowest BCUT2D eigenvalue weighted by atomic mass is 10.2. The number of sulfonamides is 1. The Labute approximate surface area is 143 Å². The summed E-state index contributed by atoms with van der Waals surface area (Å²) in [4.78, 5) is 12.1. The second-order valence-corrected chi connectivity index (χ2v) is 7.41. The fourth-order valence-corrected chi connectivity index (χ4v) is 3.62. The molecule has 0 aliphatic heterocycles. The molecular weight excluding hydrogens is 324 g/mol. The van der Waals surface area contributed by atoms with Gasteiger partial charge in [0.05, 0.1) is 4.90 Å². The Morgan fingerprint density at radius 3 is 2.46 bits per heavy atom. The third-order valence-corrected chi connectivity index (χ3v) is 5.21. The standard InChI is InChI=1S/C18H22N2O3S/c1-14-8-9-15(2)17(12-14)24(22,23)20-11-10-18(21)19-13-16-6-4-3-5-7-16/h3-9,12,20H,10-11,13H2,1-2H3,(H,19,21). The molecule has 2 rings (SSSR count). The summed E-state index contributed by atoms with van der Waals surface area (Å²) in [6.45, 7) is 4.09. The highest BCUT2D eigenvalue weighted by molar-refractivity contribution is 7.89. The molecule has 0 atom stereocenters. The van der Waals surface area contributed by atoms with Crippen LogP contribution in [0.25, 0.3) is 0 Å². The first-order valence-corrected chi connectivity index (χ1v) is 9.24. The van der Waals surface area contributed by atoms with Crippen LogP contribution in [0.15, 0.2) is 53.4 Å². The van der Waals surface area contributed by atoms with Gasteiger partial charge in [-0.2, -0.15) is 0 Å². The van der Waals surface area contributed by atoms with E-state index in [0.717, 1.165) is 11.1 Å². The van der Waals surface area contributed by atoms with Crippen LogP contribution >= 0.6 is 0 Å². The summed E-state index contributed by atoms with van der Waals surface area (Å²) in [7, 11) is -3.61. The molecule has 0 aliphatic rings. The summed E-state index contributed by atoms with van der Waals surface area (Å²) in [6, 6.07) is 14.8. The zero-order chi connectivity index (χ0) is 17.6. The summed E-state index contributed by atoms with van der Waals surface area (Å²) < 4.78 is 27.1. The Balaban J connectivity index is 1.84. The fourth-order valence-electron chi connectivity index (χ4n) is 2.26. The van der Waals surface area contributed by atoms with Gasteiger partial charge in [-0.15, -0.1) is 0 Å². The van der Waals surface area contributed by atoms with E-state index in [0.29, 0.717) is 12.1 Å². The van der Waals surface area contributed by atoms with E-state index in [1.807, 2.05) is 43.3 Å². The number of hydrogen-bond acceptors (Lipinski definition) is 3. The smallest absolute Gasteiger partial charge is 0.240 e. The Kier molecular flexibility index (Phi) is 6.11. The maximum Gasteiger partial charge on any atom is 0.240 e. The minimum absolute atomic E-state index is 0.0658. The van der Waals surface area contributed by atoms with Crippen molar-refractivity contribution in [3.8, 4) is 0 Å². The minimum atomic E-state index is -3.61. The number of carbonyl (C=O) groups excluding carboxylic acids is 1. The molecule has 0 aliphatic carbocycles. The van der Waals surface area contributed by atoms with E-state index in [-0.39, 0.29) is 23.8 Å². The first-order valence-electron chi connectivity index (χ1n) is 7.76. The Hall–Kier alpha value is -2.18. The summed E-state index contributed by atoms with van der Waals surface area (Å²) >= 11 is 0. The van der Waals surface area contributed by atoms with Crippen LogP contribution in [-0.4, -0.2) is 20.9 Å². The highest BCUT2D eigenvalue weighted by atomic mass is 32.2. The molecule has 2 aromatic rings. The molecule has 0 spiro atoms. The van der Waals surface area contributed by atoms with Crippen LogP contribution < -0.4 is 10.0 Å². The van der Waals surface area contributed by atoms with E-state index in [9.17, 15) is 13.2 Å². The van der Waals surface area contributed by atoms with Crippen LogP contribution in [0.1, 0.15) is 23.1 Å². The summed E-state index contributed by atoms with van der Waals surface area (Å²) in [5.74, 6) is -0.192. The molecule has 2 aromatic carbocycles. The third kappa shape index (κ3) is 5.18. The van der Waals surface area contributed by atoms with Crippen molar-refractivity contribution in [2.24, 2.45) is 0 Å². The second kappa shape index (κ2) is 8.08. The van der Waals surface area contributed by atoms with Crippen LogP contribution in [0, 0.1) is 13.8 Å². The van der Waals surface area contributed by atoms with Gasteiger partial charge in [-0.1, -0.05) is 42.5 Å². The lowest BCUT2D eigenvalue weighted by molar-refractivity contribution is -0.121. The topological polar surface area (TPSA) is 75.3 Å². The lowest BCUT2D eigenvalue weighted by Crippen LogP contribution is -2.30. The zero-order valence-corrected chi connectivity index (χ0v) is 14.7. The summed E-state index contributed by atoms with van der Waals surface area (Å²) in [5.41, 5.74) is 2.56. The van der Waals surface area contributed by atoms with Crippen molar-refractivity contribution in [2.45, 2.75) is 31.7 Å². The predicted octanol–water partition coefficient (Wildman–Crippen LogP) is 2.29. The molecule has 0 aromatic heterocycles. The predicted molar refractivity (Wildman–Crippen MR) is 94.0 cm³/mol. The molecule has 0 radical (unpaired) electrons. The Bertz CT molecular complexity index is 802. The molecule has 0 bridgehead atoms. The average molecular weight is 346 g/mol. The van der Waals surface area contributed by atoms with E-state index >= 15 is 0 Å². The van der Waals surface area contributed by atoms with E-state index in [2.05, 4.69) is 10.0 Å². The van der Waals surface area contributed by atoms with Crippen LogP contribution in [0.5, 0.6) is 0 Å². The van der Waals surface area contributed by atoms with Crippen molar-refractivity contribution in [1.82, 2.24) is 10.0 Å². The van der Waals surface area contributed by atoms with Crippen molar-refractivity contribution in [3.05, 3.63) is 65.2 Å². The van der Waals surface area contributed by atoms with Gasteiger partial charge in [0, 0.05) is 19.5 Å². The molecule has 128 valence electrons. The SMILES string of the molecule is Cc1ccc(C)c(S(=O)(=O)NCCC(=O)NCc2ccccc2)c1. The lowest BCUT2D eigenvalue weighted by Gasteiger charge is -2.10. The van der Waals surface area contributed by atoms with Gasteiger partial charge in [0.2, 0.25) is 15.9 Å². The number of amides is 1. The molecule has 6 heteroatoms. The third-order valence-electron chi connectivity index (χ3n) is 3.61. The number of benzene rings is 2. The Morgan fingerprint density at radius 1 is 1.04 bits per heavy atom. The van der Waals surface area contributed by atoms with Gasteiger partial charge in [0.25, 0.3) is 0 Å². The number of aryl methyl sites for hydroxylation is 2. The number of nitrogens with one attached hydrogen (secondary N) is 2. The molecule has 2 N–H and O–H groups in total. The van der Waals surface area contributed by atoms with E-state index in [1.165, 1.54) is 0 Å². The van der Waals surface area contributed by atoms with E-state index < -0.39 is 10.0 Å². The van der Waals surface area contributed by atoms with Gasteiger partial charge in [0.15, 0.2) is 0 Å². The van der Waals surface area contributed by atoms with Crippen LogP contribution in [0.4, 0.5) is 0 Å². The Morgan fingerprint density at radius 2 is 1.75 bits per heavy atom. The molecule has 0 saturated carbocycles. The van der Waals surface area contributed by atoms with Crippen LogP contribution in [0.3, 0.4) is 0 Å². The first kappa shape index (κ1) is 18.2. The zero-order valence-electron chi connectivity index (χ0n) is 13.9. The maximum absolute atomic E-state index is 12.3. The van der Waals surface area contributed by atoms with Gasteiger partial charge in [-0.25, -0.2) is 13.1 Å². The first-order chi connectivity index (χ1) is 11.4. The van der Waals surface area contributed by atoms with E-state index in [4.69, 9.17) is 0 Å². The van der Waals surface area contributed by atoms with Gasteiger partial charge in [-0.3, -0.25) is 4.79 Å². The van der Waals surface area contributed by atoms with E-state index in [1.54, 1.807) is 19.1 Å². The number of rotatable bonds is 7. The van der Waals surface area contributed by atoms with Gasteiger partial charge in [0.1, 0.15) is 0 Å². The number of carbonyl (C=O) groups is 1. The quantitative estimate of drug-likeness (QED) is 0.808. The minimum Gasteiger partial charge on any atom is -0.352 e. The van der Waals surface area contributed by atoms with Crippen LogP contribution in [0.2, 0.25) is 0 Å². The summed E-state index contributed by atoms with van der Waals surface area (Å²) in [6.07, 6.45) is 0.0942. The van der Waals surface area contributed by atoms with Crippen molar-refractivity contribution in [3.63, 3.8) is 0 Å². The average Bonchev–Trinajstić information content (AvgIpc) is 2.56. The molecule has 0 saturated heterocycles. The van der Waals surface area contributed by atoms with Gasteiger partial charge in [-0.05, 0) is 36.6 Å². The van der Waals surface area contributed by atoms with Crippen molar-refractivity contribution < 1.29 is 13.2 Å². The molecule has 0 unspecified atom stereocenters. The van der Waals surface area contributed by atoms with Crippen molar-refractivity contribution in [1.29, 1.82) is 0 Å². The van der Waals surface area contributed by atoms with Gasteiger partial charge < -0.3 is 5.32 Å². The molecule has 5 nitrogen and oxygen atoms in total. The van der Waals surface area contributed by atoms with Crippen LogP contribution in [-0.2, 0) is 21.4 Å². The fraction of sp³-hybridized carbons (Fsp3) is 0.278. The van der Waals surface area contributed by atoms with Crippen molar-refractivity contribution in [2.75, 3.05) is 6.54 Å². The highest BCUT2D eigenvalue weighted by Gasteiger charge is 2.16. The highest BCUT2D eigenvalue weighted by Crippen LogP contribution is 2.16. The number of hydrogen-bond donors (Lipinski definition) is 2. The van der Waals surface area contributed by atoms with Crippen molar-refractivity contribution >= 4 is 15.9 Å². The maximum atomic E-state index is 12.3. The summed E-state index contributed by atoms with van der Waals surface area (Å²) in [5, 5.41) is 2.77. The largest absolute Gasteiger partial charge is 0.352 e. The normalized spacial score (nSPS) is 11.2. The monoisotopic (exact) mass is 346 g/mol.